The van der Waals surface area contributed by atoms with Crippen LogP contribution in [0, 0.1) is 17.2 Å². The van der Waals surface area contributed by atoms with Crippen LogP contribution in [0.25, 0.3) is 0 Å². The molecule has 3 saturated carbocycles. The maximum absolute atomic E-state index is 14.8. The van der Waals surface area contributed by atoms with Gasteiger partial charge in [0.25, 0.3) is 5.91 Å². The van der Waals surface area contributed by atoms with Crippen molar-refractivity contribution in [3.05, 3.63) is 29.1 Å². The molecule has 1 saturated heterocycles. The molecule has 0 bridgehead atoms. The largest absolute Gasteiger partial charge is 0.493 e. The van der Waals surface area contributed by atoms with E-state index in [0.717, 1.165) is 37.7 Å². The summed E-state index contributed by atoms with van der Waals surface area (Å²) in [5.41, 5.74) is 1.21. The van der Waals surface area contributed by atoms with Crippen molar-refractivity contribution in [2.75, 3.05) is 19.7 Å². The van der Waals surface area contributed by atoms with E-state index >= 15 is 0 Å². The number of carbonyl (C=O) groups is 1. The number of nitrogens with zero attached hydrogens (tertiary/aromatic N) is 1. The lowest BCUT2D eigenvalue weighted by Gasteiger charge is -2.29. The maximum Gasteiger partial charge on any atom is 0.304 e. The van der Waals surface area contributed by atoms with Crippen LogP contribution in [0.4, 0.5) is 4.39 Å². The SMILES string of the molecule is O=C(NS(=O)(=O)N1CCC1)c1cc(C2CC2)c(OCC2CCC3(CC2)CC3)cc1F. The highest BCUT2D eigenvalue weighted by atomic mass is 32.2. The molecular weight excluding hydrogens is 407 g/mol. The number of hydrogen-bond donors (Lipinski definition) is 1. The van der Waals surface area contributed by atoms with Crippen molar-refractivity contribution in [1.82, 2.24) is 9.03 Å². The fourth-order valence-electron chi connectivity index (χ4n) is 4.69. The second-order valence-corrected chi connectivity index (χ2v) is 11.3. The van der Waals surface area contributed by atoms with Gasteiger partial charge in [-0.1, -0.05) is 0 Å². The third-order valence-electron chi connectivity index (χ3n) is 7.34. The first-order valence-electron chi connectivity index (χ1n) is 11.1. The molecule has 1 heterocycles. The zero-order valence-electron chi connectivity index (χ0n) is 17.2. The maximum atomic E-state index is 14.8. The third-order valence-corrected chi connectivity index (χ3v) is 8.82. The molecule has 4 aliphatic rings. The van der Waals surface area contributed by atoms with Crippen molar-refractivity contribution < 1.29 is 22.3 Å². The lowest BCUT2D eigenvalue weighted by Crippen LogP contribution is -2.49. The minimum absolute atomic E-state index is 0.235. The highest BCUT2D eigenvalue weighted by molar-refractivity contribution is 7.87. The quantitative estimate of drug-likeness (QED) is 0.707. The summed E-state index contributed by atoms with van der Waals surface area (Å²) in [7, 11) is -3.91. The second kappa shape index (κ2) is 7.48. The van der Waals surface area contributed by atoms with Crippen LogP contribution >= 0.6 is 0 Å². The standard InChI is InChI=1S/C22H29FN2O4S/c23-19-13-20(29-14-15-4-6-22(7-5-15)8-9-22)17(16-2-3-16)12-18(19)21(26)24-30(27,28)25-10-1-11-25/h12-13,15-16H,1-11,14H2,(H,24,26). The highest BCUT2D eigenvalue weighted by Crippen LogP contribution is 2.57. The van der Waals surface area contributed by atoms with E-state index in [9.17, 15) is 17.6 Å². The van der Waals surface area contributed by atoms with E-state index in [0.29, 0.717) is 36.8 Å². The number of benzene rings is 1. The monoisotopic (exact) mass is 436 g/mol. The van der Waals surface area contributed by atoms with Gasteiger partial charge in [-0.15, -0.1) is 0 Å². The number of amides is 1. The summed E-state index contributed by atoms with van der Waals surface area (Å²) in [5, 5.41) is 0. The van der Waals surface area contributed by atoms with Gasteiger partial charge >= 0.3 is 10.2 Å². The predicted octanol–water partition coefficient (Wildman–Crippen LogP) is 3.73. The van der Waals surface area contributed by atoms with Gasteiger partial charge in [0.1, 0.15) is 11.6 Å². The van der Waals surface area contributed by atoms with Crippen LogP contribution < -0.4 is 9.46 Å². The molecule has 1 spiro atoms. The van der Waals surface area contributed by atoms with E-state index in [1.54, 1.807) is 0 Å². The van der Waals surface area contributed by atoms with Crippen molar-refractivity contribution in [2.45, 2.75) is 63.7 Å². The van der Waals surface area contributed by atoms with Gasteiger partial charge in [-0.2, -0.15) is 12.7 Å². The molecule has 0 unspecified atom stereocenters. The molecule has 1 N–H and O–H groups in total. The number of rotatable bonds is 7. The second-order valence-electron chi connectivity index (χ2n) is 9.59. The Labute approximate surface area is 177 Å². The van der Waals surface area contributed by atoms with Gasteiger partial charge in [0.15, 0.2) is 0 Å². The summed E-state index contributed by atoms with van der Waals surface area (Å²) < 4.78 is 48.3. The minimum Gasteiger partial charge on any atom is -0.493 e. The summed E-state index contributed by atoms with van der Waals surface area (Å²) in [4.78, 5) is 12.5. The molecular formula is C22H29FN2O4S. The Morgan fingerprint density at radius 1 is 1.13 bits per heavy atom. The van der Waals surface area contributed by atoms with E-state index in [4.69, 9.17) is 4.74 Å². The first kappa shape index (κ1) is 20.2. The van der Waals surface area contributed by atoms with E-state index in [1.165, 1.54) is 42.1 Å². The molecule has 0 aromatic heterocycles. The zero-order valence-corrected chi connectivity index (χ0v) is 18.0. The van der Waals surface area contributed by atoms with E-state index < -0.39 is 21.9 Å². The van der Waals surface area contributed by atoms with Crippen molar-refractivity contribution in [3.63, 3.8) is 0 Å². The van der Waals surface area contributed by atoms with Crippen LogP contribution in [-0.2, 0) is 10.2 Å². The van der Waals surface area contributed by atoms with E-state index in [-0.39, 0.29) is 11.5 Å². The molecule has 1 amide bonds. The molecule has 8 heteroatoms. The first-order valence-corrected chi connectivity index (χ1v) is 12.6. The molecule has 30 heavy (non-hydrogen) atoms. The Bertz CT molecular complexity index is 942. The van der Waals surface area contributed by atoms with Gasteiger partial charge in [0.05, 0.1) is 12.2 Å². The summed E-state index contributed by atoms with van der Waals surface area (Å²) in [5.74, 6) is -0.416. The van der Waals surface area contributed by atoms with Gasteiger partial charge in [0, 0.05) is 19.2 Å². The van der Waals surface area contributed by atoms with Crippen molar-refractivity contribution in [3.8, 4) is 5.75 Å². The zero-order chi connectivity index (χ0) is 20.9. The highest BCUT2D eigenvalue weighted by Gasteiger charge is 2.44. The van der Waals surface area contributed by atoms with Gasteiger partial charge in [-0.05, 0) is 86.7 Å². The molecule has 0 atom stereocenters. The normalized spacial score (nSPS) is 23.8. The fraction of sp³-hybridized carbons (Fsp3) is 0.682. The van der Waals surface area contributed by atoms with Crippen molar-refractivity contribution in [1.29, 1.82) is 0 Å². The van der Waals surface area contributed by atoms with Crippen LogP contribution in [0.15, 0.2) is 12.1 Å². The van der Waals surface area contributed by atoms with Crippen molar-refractivity contribution in [2.24, 2.45) is 11.3 Å². The predicted molar refractivity (Wildman–Crippen MR) is 110 cm³/mol. The Morgan fingerprint density at radius 2 is 1.83 bits per heavy atom. The van der Waals surface area contributed by atoms with E-state index in [2.05, 4.69) is 0 Å². The molecule has 0 radical (unpaired) electrons. The lowest BCUT2D eigenvalue weighted by molar-refractivity contribution is 0.0973. The Kier molecular flexibility index (Phi) is 5.05. The third kappa shape index (κ3) is 4.08. The number of nitrogens with one attached hydrogen (secondary N) is 1. The Hall–Kier alpha value is -1.67. The van der Waals surface area contributed by atoms with Gasteiger partial charge < -0.3 is 4.74 Å². The molecule has 4 fully saturated rings. The van der Waals surface area contributed by atoms with Gasteiger partial charge in [-0.3, -0.25) is 4.79 Å². The van der Waals surface area contributed by atoms with Crippen molar-refractivity contribution >= 4 is 16.1 Å². The average molecular weight is 437 g/mol. The molecule has 1 aliphatic heterocycles. The van der Waals surface area contributed by atoms with Crippen LogP contribution in [-0.4, -0.2) is 38.3 Å². The number of carbonyl (C=O) groups excluding carboxylic acids is 1. The summed E-state index contributed by atoms with van der Waals surface area (Å²) in [6, 6.07) is 2.76. The topological polar surface area (TPSA) is 75.7 Å². The van der Waals surface area contributed by atoms with Crippen LogP contribution in [0.5, 0.6) is 5.75 Å². The summed E-state index contributed by atoms with van der Waals surface area (Å²) in [6.07, 6.45) is 10.3. The molecule has 5 rings (SSSR count). The summed E-state index contributed by atoms with van der Waals surface area (Å²) >= 11 is 0. The average Bonchev–Trinajstić information content (AvgIpc) is 3.55. The Balaban J connectivity index is 1.28. The summed E-state index contributed by atoms with van der Waals surface area (Å²) in [6.45, 7) is 1.34. The smallest absolute Gasteiger partial charge is 0.304 e. The minimum atomic E-state index is -3.91. The molecule has 1 aromatic carbocycles. The molecule has 6 nitrogen and oxygen atoms in total. The van der Waals surface area contributed by atoms with E-state index in [1.807, 2.05) is 4.72 Å². The first-order chi connectivity index (χ1) is 14.4. The van der Waals surface area contributed by atoms with Crippen LogP contribution in [0.2, 0.25) is 0 Å². The number of halogens is 1. The molecule has 3 aliphatic carbocycles. The van der Waals surface area contributed by atoms with Gasteiger partial charge in [-0.25, -0.2) is 9.11 Å². The number of ether oxygens (including phenoxy) is 1. The Morgan fingerprint density at radius 3 is 2.40 bits per heavy atom. The molecule has 1 aromatic rings. The lowest BCUT2D eigenvalue weighted by atomic mass is 9.80. The molecule has 164 valence electrons. The number of hydrogen-bond acceptors (Lipinski definition) is 4. The van der Waals surface area contributed by atoms with Crippen LogP contribution in [0.3, 0.4) is 0 Å². The fourth-order valence-corrected chi connectivity index (χ4v) is 5.90. The van der Waals surface area contributed by atoms with Crippen LogP contribution in [0.1, 0.15) is 79.6 Å². The van der Waals surface area contributed by atoms with Gasteiger partial charge in [0.2, 0.25) is 0 Å².